The molecule has 2 heterocycles. The smallest absolute Gasteiger partial charge is 0.220 e. The molecular weight excluding hydrogens is 306 g/mol. The van der Waals surface area contributed by atoms with Crippen LogP contribution in [-0.2, 0) is 11.2 Å². The molecule has 1 aromatic heterocycles. The minimum Gasteiger partial charge on any atom is -0.354 e. The molecule has 1 aliphatic rings. The number of nitrogens with zero attached hydrogens (tertiary/aromatic N) is 2. The number of benzene rings is 1. The first kappa shape index (κ1) is 16.0. The molecule has 1 N–H and O–H groups in total. The summed E-state index contributed by atoms with van der Waals surface area (Å²) in [5.74, 6) is 0.137. The first-order valence-electron chi connectivity index (χ1n) is 8.21. The highest BCUT2D eigenvalue weighted by atomic mass is 32.1. The molecule has 0 spiro atoms. The van der Waals surface area contributed by atoms with Crippen LogP contribution < -0.4 is 10.2 Å². The molecule has 1 unspecified atom stereocenters. The van der Waals surface area contributed by atoms with Gasteiger partial charge in [0.1, 0.15) is 0 Å². The summed E-state index contributed by atoms with van der Waals surface area (Å²) in [4.78, 5) is 18.8. The molecule has 0 saturated carbocycles. The summed E-state index contributed by atoms with van der Waals surface area (Å²) in [5.41, 5.74) is 2.47. The molecule has 23 heavy (non-hydrogen) atoms. The number of thiazole rings is 1. The number of aryl methyl sites for hydroxylation is 2. The van der Waals surface area contributed by atoms with Crippen molar-refractivity contribution in [3.8, 4) is 0 Å². The van der Waals surface area contributed by atoms with E-state index in [0.717, 1.165) is 24.5 Å². The van der Waals surface area contributed by atoms with Gasteiger partial charge in [0, 0.05) is 37.1 Å². The lowest BCUT2D eigenvalue weighted by atomic mass is 10.1. The molecular formula is C18H23N3OS. The van der Waals surface area contributed by atoms with Crippen molar-refractivity contribution in [2.45, 2.75) is 38.6 Å². The molecule has 0 radical (unpaired) electrons. The fraction of sp³-hybridized carbons (Fsp3) is 0.444. The van der Waals surface area contributed by atoms with Crippen LogP contribution in [0.25, 0.3) is 0 Å². The van der Waals surface area contributed by atoms with Gasteiger partial charge in [-0.1, -0.05) is 29.8 Å². The second kappa shape index (κ2) is 7.59. The summed E-state index contributed by atoms with van der Waals surface area (Å²) in [6.07, 6.45) is 5.48. The van der Waals surface area contributed by atoms with Gasteiger partial charge in [-0.2, -0.15) is 0 Å². The van der Waals surface area contributed by atoms with Crippen molar-refractivity contribution < 1.29 is 4.79 Å². The van der Waals surface area contributed by atoms with Gasteiger partial charge in [-0.3, -0.25) is 4.79 Å². The maximum atomic E-state index is 12.1. The van der Waals surface area contributed by atoms with E-state index in [0.29, 0.717) is 19.0 Å². The van der Waals surface area contributed by atoms with Crippen molar-refractivity contribution >= 4 is 22.4 Å². The molecule has 1 fully saturated rings. The van der Waals surface area contributed by atoms with E-state index in [1.165, 1.54) is 17.5 Å². The Balaban J connectivity index is 1.45. The van der Waals surface area contributed by atoms with Gasteiger partial charge in [0.2, 0.25) is 5.91 Å². The second-order valence-corrected chi connectivity index (χ2v) is 6.97. The number of anilines is 1. The summed E-state index contributed by atoms with van der Waals surface area (Å²) >= 11 is 1.67. The van der Waals surface area contributed by atoms with Gasteiger partial charge in [-0.05, 0) is 31.7 Å². The van der Waals surface area contributed by atoms with Crippen molar-refractivity contribution in [1.29, 1.82) is 0 Å². The van der Waals surface area contributed by atoms with E-state index in [9.17, 15) is 4.79 Å². The summed E-state index contributed by atoms with van der Waals surface area (Å²) in [6, 6.07) is 8.74. The SMILES string of the molecule is Cc1cccc(CCC(=O)NCC2CCCN2c2nccs2)c1. The Hall–Kier alpha value is -1.88. The van der Waals surface area contributed by atoms with Crippen molar-refractivity contribution in [2.75, 3.05) is 18.0 Å². The van der Waals surface area contributed by atoms with Crippen molar-refractivity contribution in [1.82, 2.24) is 10.3 Å². The van der Waals surface area contributed by atoms with Crippen molar-refractivity contribution in [2.24, 2.45) is 0 Å². The molecule has 0 bridgehead atoms. The Labute approximate surface area is 141 Å². The van der Waals surface area contributed by atoms with Crippen LogP contribution in [0.15, 0.2) is 35.8 Å². The number of hydrogen-bond donors (Lipinski definition) is 1. The summed E-state index contributed by atoms with van der Waals surface area (Å²) in [7, 11) is 0. The van der Waals surface area contributed by atoms with E-state index in [1.807, 2.05) is 17.6 Å². The molecule has 1 aromatic carbocycles. The van der Waals surface area contributed by atoms with Gasteiger partial charge in [-0.15, -0.1) is 11.3 Å². The van der Waals surface area contributed by atoms with Crippen LogP contribution in [0.1, 0.15) is 30.4 Å². The molecule has 5 heteroatoms. The lowest BCUT2D eigenvalue weighted by molar-refractivity contribution is -0.121. The molecule has 0 aliphatic carbocycles. The van der Waals surface area contributed by atoms with Crippen LogP contribution in [0.2, 0.25) is 0 Å². The van der Waals surface area contributed by atoms with Gasteiger partial charge in [0.15, 0.2) is 5.13 Å². The monoisotopic (exact) mass is 329 g/mol. The molecule has 1 atom stereocenters. The van der Waals surface area contributed by atoms with E-state index in [4.69, 9.17) is 0 Å². The summed E-state index contributed by atoms with van der Waals surface area (Å²) < 4.78 is 0. The fourth-order valence-corrected chi connectivity index (χ4v) is 3.84. The topological polar surface area (TPSA) is 45.2 Å². The highest BCUT2D eigenvalue weighted by molar-refractivity contribution is 7.13. The molecule has 4 nitrogen and oxygen atoms in total. The molecule has 2 aromatic rings. The van der Waals surface area contributed by atoms with Crippen LogP contribution in [0.3, 0.4) is 0 Å². The van der Waals surface area contributed by atoms with Crippen LogP contribution in [0.5, 0.6) is 0 Å². The summed E-state index contributed by atoms with van der Waals surface area (Å²) in [5, 5.41) is 6.17. The molecule has 3 rings (SSSR count). The number of carbonyl (C=O) groups excluding carboxylic acids is 1. The van der Waals surface area contributed by atoms with Crippen molar-refractivity contribution in [3.63, 3.8) is 0 Å². The van der Waals surface area contributed by atoms with Crippen molar-refractivity contribution in [3.05, 3.63) is 47.0 Å². The van der Waals surface area contributed by atoms with E-state index in [2.05, 4.69) is 40.3 Å². The predicted octanol–water partition coefficient (Wildman–Crippen LogP) is 3.17. The maximum Gasteiger partial charge on any atom is 0.220 e. The zero-order valence-corrected chi connectivity index (χ0v) is 14.3. The fourth-order valence-electron chi connectivity index (χ4n) is 3.10. The third-order valence-electron chi connectivity index (χ3n) is 4.30. The van der Waals surface area contributed by atoms with Crippen LogP contribution in [0.4, 0.5) is 5.13 Å². The third kappa shape index (κ3) is 4.32. The molecule has 1 aliphatic heterocycles. The van der Waals surface area contributed by atoms with Gasteiger partial charge in [-0.25, -0.2) is 4.98 Å². The lowest BCUT2D eigenvalue weighted by Gasteiger charge is -2.24. The standard InChI is InChI=1S/C18H23N3OS/c1-14-4-2-5-15(12-14)7-8-17(22)20-13-16-6-3-10-21(16)18-19-9-11-23-18/h2,4-5,9,11-12,16H,3,6-8,10,13H2,1H3,(H,20,22). The third-order valence-corrected chi connectivity index (χ3v) is 5.11. The Kier molecular flexibility index (Phi) is 5.28. The first-order valence-corrected chi connectivity index (χ1v) is 9.09. The Morgan fingerprint density at radius 3 is 3.17 bits per heavy atom. The minimum absolute atomic E-state index is 0.137. The Bertz CT molecular complexity index is 641. The van der Waals surface area contributed by atoms with E-state index >= 15 is 0 Å². The van der Waals surface area contributed by atoms with Gasteiger partial charge in [0.25, 0.3) is 0 Å². The average molecular weight is 329 g/mol. The number of aromatic nitrogens is 1. The van der Waals surface area contributed by atoms with Crippen LogP contribution in [-0.4, -0.2) is 30.0 Å². The quantitative estimate of drug-likeness (QED) is 0.885. The summed E-state index contributed by atoms with van der Waals surface area (Å²) in [6.45, 7) is 3.83. The largest absolute Gasteiger partial charge is 0.354 e. The number of amides is 1. The average Bonchev–Trinajstić information content (AvgIpc) is 3.21. The number of carbonyl (C=O) groups is 1. The lowest BCUT2D eigenvalue weighted by Crippen LogP contribution is -2.40. The zero-order chi connectivity index (χ0) is 16.1. The molecule has 1 saturated heterocycles. The predicted molar refractivity (Wildman–Crippen MR) is 95.0 cm³/mol. The van der Waals surface area contributed by atoms with Crippen LogP contribution in [0, 0.1) is 6.92 Å². The number of nitrogens with one attached hydrogen (secondary N) is 1. The zero-order valence-electron chi connectivity index (χ0n) is 13.5. The number of hydrogen-bond acceptors (Lipinski definition) is 4. The van der Waals surface area contributed by atoms with E-state index in [1.54, 1.807) is 11.3 Å². The van der Waals surface area contributed by atoms with E-state index in [-0.39, 0.29) is 5.91 Å². The van der Waals surface area contributed by atoms with Crippen LogP contribution >= 0.6 is 11.3 Å². The minimum atomic E-state index is 0.137. The number of rotatable bonds is 6. The van der Waals surface area contributed by atoms with Gasteiger partial charge < -0.3 is 10.2 Å². The highest BCUT2D eigenvalue weighted by Crippen LogP contribution is 2.26. The van der Waals surface area contributed by atoms with Gasteiger partial charge in [0.05, 0.1) is 0 Å². The molecule has 1 amide bonds. The molecule has 122 valence electrons. The Morgan fingerprint density at radius 1 is 1.48 bits per heavy atom. The maximum absolute atomic E-state index is 12.1. The normalized spacial score (nSPS) is 17.4. The van der Waals surface area contributed by atoms with Gasteiger partial charge >= 0.3 is 0 Å². The highest BCUT2D eigenvalue weighted by Gasteiger charge is 2.26. The first-order chi connectivity index (χ1) is 11.2. The van der Waals surface area contributed by atoms with E-state index < -0.39 is 0 Å². The second-order valence-electron chi connectivity index (χ2n) is 6.10. The Morgan fingerprint density at radius 2 is 2.39 bits per heavy atom.